The molecule has 0 saturated heterocycles. The van der Waals surface area contributed by atoms with Gasteiger partial charge in [-0.3, -0.25) is 9.59 Å². The van der Waals surface area contributed by atoms with Crippen molar-refractivity contribution in [2.24, 2.45) is 17.6 Å². The third-order valence-corrected chi connectivity index (χ3v) is 3.33. The number of carbonyl (C=O) groups excluding carboxylic acids is 2. The van der Waals surface area contributed by atoms with Crippen LogP contribution < -0.4 is 16.4 Å². The molecule has 0 spiro atoms. The van der Waals surface area contributed by atoms with E-state index in [-0.39, 0.29) is 11.8 Å². The van der Waals surface area contributed by atoms with Crippen LogP contribution in [0, 0.1) is 11.8 Å². The summed E-state index contributed by atoms with van der Waals surface area (Å²) in [6.45, 7) is 8.49. The van der Waals surface area contributed by atoms with Crippen LogP contribution in [0.25, 0.3) is 0 Å². The number of benzene rings is 1. The maximum atomic E-state index is 11.9. The van der Waals surface area contributed by atoms with E-state index in [0.717, 1.165) is 11.3 Å². The Bertz CT molecular complexity index is 527. The van der Waals surface area contributed by atoms with E-state index in [0.29, 0.717) is 31.2 Å². The molecule has 2 amide bonds. The Hall–Kier alpha value is -1.88. The first-order valence-electron chi connectivity index (χ1n) is 8.20. The fourth-order valence-corrected chi connectivity index (χ4v) is 2.28. The van der Waals surface area contributed by atoms with E-state index in [1.54, 1.807) is 0 Å². The molecule has 23 heavy (non-hydrogen) atoms. The van der Waals surface area contributed by atoms with Gasteiger partial charge >= 0.3 is 0 Å². The molecule has 0 aromatic heterocycles. The first-order valence-corrected chi connectivity index (χ1v) is 8.20. The number of hydrogen-bond acceptors (Lipinski definition) is 3. The largest absolute Gasteiger partial charge is 0.351 e. The molecule has 0 bridgehead atoms. The van der Waals surface area contributed by atoms with Crippen LogP contribution in [-0.2, 0) is 16.1 Å². The molecule has 1 atom stereocenters. The molecule has 0 aliphatic heterocycles. The molecule has 4 N–H and O–H groups in total. The van der Waals surface area contributed by atoms with Crippen molar-refractivity contribution >= 4 is 17.5 Å². The molecule has 1 aromatic carbocycles. The van der Waals surface area contributed by atoms with Gasteiger partial charge in [-0.05, 0) is 36.0 Å². The molecule has 0 unspecified atom stereocenters. The predicted molar refractivity (Wildman–Crippen MR) is 93.8 cm³/mol. The van der Waals surface area contributed by atoms with Crippen molar-refractivity contribution in [2.45, 2.75) is 53.1 Å². The first kappa shape index (κ1) is 19.2. The summed E-state index contributed by atoms with van der Waals surface area (Å²) in [6, 6.07) is 7.00. The first-order chi connectivity index (χ1) is 10.8. The van der Waals surface area contributed by atoms with Crippen molar-refractivity contribution in [1.82, 2.24) is 5.32 Å². The second-order valence-corrected chi connectivity index (χ2v) is 6.80. The summed E-state index contributed by atoms with van der Waals surface area (Å²) in [5, 5.41) is 5.71. The molecule has 5 heteroatoms. The summed E-state index contributed by atoms with van der Waals surface area (Å²) >= 11 is 0. The van der Waals surface area contributed by atoms with E-state index in [2.05, 4.69) is 10.6 Å². The Labute approximate surface area is 139 Å². The quantitative estimate of drug-likeness (QED) is 0.688. The van der Waals surface area contributed by atoms with Gasteiger partial charge in [-0.1, -0.05) is 39.8 Å². The lowest BCUT2D eigenvalue weighted by Crippen LogP contribution is -2.41. The summed E-state index contributed by atoms with van der Waals surface area (Å²) in [5.41, 5.74) is 7.53. The number of hydrogen-bond donors (Lipinski definition) is 3. The SMILES string of the molecule is CC(C)CC(=O)Nc1cccc(CNC(=O)[C@@H](N)CC(C)C)c1. The van der Waals surface area contributed by atoms with E-state index in [1.165, 1.54) is 0 Å². The van der Waals surface area contributed by atoms with Crippen LogP contribution >= 0.6 is 0 Å². The fraction of sp³-hybridized carbons (Fsp3) is 0.556. The monoisotopic (exact) mass is 319 g/mol. The zero-order valence-electron chi connectivity index (χ0n) is 14.6. The number of amides is 2. The molecule has 0 radical (unpaired) electrons. The van der Waals surface area contributed by atoms with Crippen LogP contribution in [0.4, 0.5) is 5.69 Å². The minimum Gasteiger partial charge on any atom is -0.351 e. The highest BCUT2D eigenvalue weighted by molar-refractivity contribution is 5.90. The zero-order valence-corrected chi connectivity index (χ0v) is 14.6. The van der Waals surface area contributed by atoms with Crippen LogP contribution in [0.15, 0.2) is 24.3 Å². The highest BCUT2D eigenvalue weighted by Gasteiger charge is 2.14. The molecule has 1 rings (SSSR count). The second kappa shape index (κ2) is 9.30. The van der Waals surface area contributed by atoms with Gasteiger partial charge in [0.1, 0.15) is 0 Å². The van der Waals surface area contributed by atoms with E-state index in [4.69, 9.17) is 5.73 Å². The van der Waals surface area contributed by atoms with Gasteiger partial charge in [-0.15, -0.1) is 0 Å². The lowest BCUT2D eigenvalue weighted by Gasteiger charge is -2.14. The average Bonchev–Trinajstić information content (AvgIpc) is 2.43. The third-order valence-electron chi connectivity index (χ3n) is 3.33. The Balaban J connectivity index is 2.54. The Morgan fingerprint density at radius 3 is 2.43 bits per heavy atom. The molecule has 0 aliphatic rings. The molecule has 0 saturated carbocycles. The molecular weight excluding hydrogens is 290 g/mol. The van der Waals surface area contributed by atoms with Crippen LogP contribution in [0.1, 0.15) is 46.1 Å². The number of anilines is 1. The average molecular weight is 319 g/mol. The Morgan fingerprint density at radius 1 is 1.13 bits per heavy atom. The van der Waals surface area contributed by atoms with Gasteiger partial charge < -0.3 is 16.4 Å². The number of nitrogens with one attached hydrogen (secondary N) is 2. The van der Waals surface area contributed by atoms with Gasteiger partial charge in [0.15, 0.2) is 0 Å². The van der Waals surface area contributed by atoms with Gasteiger partial charge in [0, 0.05) is 18.7 Å². The molecule has 5 nitrogen and oxygen atoms in total. The Morgan fingerprint density at radius 2 is 1.83 bits per heavy atom. The van der Waals surface area contributed by atoms with Gasteiger partial charge in [0.25, 0.3) is 0 Å². The van der Waals surface area contributed by atoms with E-state index < -0.39 is 6.04 Å². The molecule has 0 heterocycles. The smallest absolute Gasteiger partial charge is 0.237 e. The molecule has 1 aromatic rings. The summed E-state index contributed by atoms with van der Waals surface area (Å²) in [5.74, 6) is 0.559. The van der Waals surface area contributed by atoms with Gasteiger partial charge in [0.2, 0.25) is 11.8 Å². The van der Waals surface area contributed by atoms with Crippen molar-refractivity contribution in [2.75, 3.05) is 5.32 Å². The standard InChI is InChI=1S/C18H29N3O2/c1-12(2)8-16(19)18(23)20-11-14-6-5-7-15(10-14)21-17(22)9-13(3)4/h5-7,10,12-13,16H,8-9,11,19H2,1-4H3,(H,20,23)(H,21,22)/t16-/m0/s1. The van der Waals surface area contributed by atoms with Gasteiger partial charge in [-0.2, -0.15) is 0 Å². The number of carbonyl (C=O) groups is 2. The van der Waals surface area contributed by atoms with E-state index in [1.807, 2.05) is 52.0 Å². The summed E-state index contributed by atoms with van der Waals surface area (Å²) < 4.78 is 0. The molecule has 128 valence electrons. The maximum absolute atomic E-state index is 11.9. The zero-order chi connectivity index (χ0) is 17.4. The highest BCUT2D eigenvalue weighted by Crippen LogP contribution is 2.12. The van der Waals surface area contributed by atoms with Crippen molar-refractivity contribution in [3.63, 3.8) is 0 Å². The minimum absolute atomic E-state index is 0.000131. The van der Waals surface area contributed by atoms with Gasteiger partial charge in [-0.25, -0.2) is 0 Å². The van der Waals surface area contributed by atoms with E-state index >= 15 is 0 Å². The lowest BCUT2D eigenvalue weighted by atomic mass is 10.0. The van der Waals surface area contributed by atoms with Crippen molar-refractivity contribution < 1.29 is 9.59 Å². The molecule has 0 aliphatic carbocycles. The van der Waals surface area contributed by atoms with Crippen LogP contribution in [0.2, 0.25) is 0 Å². The summed E-state index contributed by atoms with van der Waals surface area (Å²) in [6.07, 6.45) is 1.15. The second-order valence-electron chi connectivity index (χ2n) is 6.80. The van der Waals surface area contributed by atoms with Crippen LogP contribution in [0.3, 0.4) is 0 Å². The number of rotatable bonds is 8. The fourth-order valence-electron chi connectivity index (χ4n) is 2.28. The van der Waals surface area contributed by atoms with Crippen molar-refractivity contribution in [3.05, 3.63) is 29.8 Å². The normalized spacial score (nSPS) is 12.3. The maximum Gasteiger partial charge on any atom is 0.237 e. The van der Waals surface area contributed by atoms with Crippen molar-refractivity contribution in [3.8, 4) is 0 Å². The van der Waals surface area contributed by atoms with Crippen LogP contribution in [0.5, 0.6) is 0 Å². The predicted octanol–water partition coefficient (Wildman–Crippen LogP) is 2.66. The third kappa shape index (κ3) is 7.79. The summed E-state index contributed by atoms with van der Waals surface area (Å²) in [7, 11) is 0. The minimum atomic E-state index is -0.482. The highest BCUT2D eigenvalue weighted by atomic mass is 16.2. The Kier molecular flexibility index (Phi) is 7.75. The van der Waals surface area contributed by atoms with Gasteiger partial charge in [0.05, 0.1) is 6.04 Å². The topological polar surface area (TPSA) is 84.2 Å². The summed E-state index contributed by atoms with van der Waals surface area (Å²) in [4.78, 5) is 23.7. The number of nitrogens with two attached hydrogens (primary N) is 1. The van der Waals surface area contributed by atoms with E-state index in [9.17, 15) is 9.59 Å². The van der Waals surface area contributed by atoms with Crippen molar-refractivity contribution in [1.29, 1.82) is 0 Å². The molecule has 0 fully saturated rings. The molecular formula is C18H29N3O2. The van der Waals surface area contributed by atoms with Crippen LogP contribution in [-0.4, -0.2) is 17.9 Å². The lowest BCUT2D eigenvalue weighted by molar-refractivity contribution is -0.123.